The molecule has 0 atom stereocenters. The van der Waals surface area contributed by atoms with Gasteiger partial charge in [-0.25, -0.2) is 0 Å². The lowest BCUT2D eigenvalue weighted by atomic mass is 9.80. The van der Waals surface area contributed by atoms with Crippen LogP contribution in [0.2, 0.25) is 72.5 Å². The van der Waals surface area contributed by atoms with E-state index < -0.39 is 55.7 Å². The summed E-state index contributed by atoms with van der Waals surface area (Å²) in [6.07, 6.45) is 23.3. The van der Waals surface area contributed by atoms with Gasteiger partial charge in [-0.1, -0.05) is 192 Å². The normalized spacial score (nSPS) is 23.6. The minimum atomic E-state index is -2.12. The Hall–Kier alpha value is -3.71. The van der Waals surface area contributed by atoms with Crippen molar-refractivity contribution in [1.29, 1.82) is 0 Å². The molecule has 12 bridgehead atoms. The van der Waals surface area contributed by atoms with E-state index in [1.165, 1.54) is 11.1 Å². The zero-order valence-electron chi connectivity index (χ0n) is 45.1. The maximum atomic E-state index is 7.68. The Labute approximate surface area is 428 Å². The summed E-state index contributed by atoms with van der Waals surface area (Å²) in [5.74, 6) is 0. The molecule has 12 aliphatic rings. The van der Waals surface area contributed by atoms with Crippen LogP contribution < -0.4 is 0 Å². The Bertz CT molecular complexity index is 2250. The zero-order valence-corrected chi connectivity index (χ0v) is 49.1. The third-order valence-corrected chi connectivity index (χ3v) is 36.3. The second-order valence-electron chi connectivity index (χ2n) is 20.6. The Morgan fingerprint density at radius 1 is 0.257 bits per heavy atom. The van der Waals surface area contributed by atoms with Gasteiger partial charge in [0.1, 0.15) is 22.4 Å². The molecule has 0 radical (unpaired) electrons. The van der Waals surface area contributed by atoms with Gasteiger partial charge in [0.15, 0.2) is 33.3 Å². The van der Waals surface area contributed by atoms with Gasteiger partial charge < -0.3 is 17.7 Å². The van der Waals surface area contributed by atoms with E-state index in [0.717, 1.165) is 106 Å². The summed E-state index contributed by atoms with van der Waals surface area (Å²) in [6, 6.07) is 49.3. The van der Waals surface area contributed by atoms with Crippen molar-refractivity contribution in [3.05, 3.63) is 179 Å². The summed E-state index contributed by atoms with van der Waals surface area (Å²) in [7, 11) is -8.45. The lowest BCUT2D eigenvalue weighted by molar-refractivity contribution is 0.121. The molecule has 0 aliphatic heterocycles. The Morgan fingerprint density at radius 3 is 0.600 bits per heavy atom. The molecule has 0 amide bonds. The molecule has 4 aromatic rings. The van der Waals surface area contributed by atoms with Gasteiger partial charge in [0.2, 0.25) is 0 Å². The average molecular weight is 1010 g/mol. The van der Waals surface area contributed by atoms with Crippen LogP contribution in [0.1, 0.15) is 116 Å². The minimum absolute atomic E-state index is 0.705. The molecule has 374 valence electrons. The van der Waals surface area contributed by atoms with Crippen molar-refractivity contribution >= 4 is 45.4 Å². The van der Waals surface area contributed by atoms with Crippen molar-refractivity contribution < 1.29 is 17.7 Å². The van der Waals surface area contributed by atoms with E-state index in [-0.39, 0.29) is 0 Å². The van der Waals surface area contributed by atoms with Gasteiger partial charge in [0.25, 0.3) is 0 Å². The smallest absolute Gasteiger partial charge is 0.194 e. The number of rotatable bonds is 20. The average Bonchev–Trinajstić information content (AvgIpc) is 3.43. The first-order valence-corrected chi connectivity index (χ1v) is 37.6. The third kappa shape index (κ3) is 10.4. The molecule has 0 spiro atoms. The van der Waals surface area contributed by atoms with Crippen LogP contribution in [0.5, 0.6) is 0 Å². The van der Waals surface area contributed by atoms with Crippen LogP contribution in [0, 0.1) is 0 Å². The quantitative estimate of drug-likeness (QED) is 0.0653. The largest absolute Gasteiger partial charge is 0.401 e. The maximum absolute atomic E-state index is 7.68. The van der Waals surface area contributed by atoms with Crippen molar-refractivity contribution in [1.82, 2.24) is 0 Å². The molecule has 8 heteroatoms. The van der Waals surface area contributed by atoms with Crippen LogP contribution in [0.4, 0.5) is 0 Å². The van der Waals surface area contributed by atoms with Crippen molar-refractivity contribution in [3.63, 3.8) is 0 Å². The molecule has 12 aliphatic carbocycles. The molecule has 0 unspecified atom stereocenters. The molecular formula is C62H86O4Si4. The van der Waals surface area contributed by atoms with Gasteiger partial charge in [0.05, 0.1) is 0 Å². The number of hydrogen-bond acceptors (Lipinski definition) is 4. The SMILES string of the molecule is CC[Si](CC)(CC)OC12C=CC(O[Si](CC)(CC)CC)(C=C1)c1ccc(cc1)-c1ccc(cc1)C1(O[Si](CC)(CC)CC)C=CC(O[Si](CC)(CC)CC)(C=C1)c1ccc(cc1)/C=C\c1ccc2cc1. The Morgan fingerprint density at radius 2 is 0.429 bits per heavy atom. The predicted octanol–water partition coefficient (Wildman–Crippen LogP) is 18.4. The van der Waals surface area contributed by atoms with Crippen LogP contribution in [0.15, 0.2) is 146 Å². The second kappa shape index (κ2) is 22.2. The summed E-state index contributed by atoms with van der Waals surface area (Å²) in [5, 5.41) is 0. The third-order valence-electron chi connectivity index (χ3n) is 17.8. The van der Waals surface area contributed by atoms with E-state index in [4.69, 9.17) is 17.7 Å². The molecular weight excluding hydrogens is 921 g/mol. The Balaban J connectivity index is 1.44. The van der Waals surface area contributed by atoms with E-state index in [0.29, 0.717) is 0 Å². The standard InChI is InChI=1S/C62H86O4Si4/c1-13-67(14-2,15-3)63-59-43-47-61(48-44-59,65-69(19-7,20-8)21-9)57-39-31-53(32-40-57)54-33-41-58(42-34-54)62(66-70(22-10,23-11)24-12)49-45-60(46-50-62,64-68(16-4,17-5)18-6)56-37-29-52(30-38-56)26-25-51-27-35-55(59)36-28-51/h25-50H,13-24H2,1-12H3/b26-25-. The molecule has 16 rings (SSSR count). The number of hydrogen-bond donors (Lipinski definition) is 0. The van der Waals surface area contributed by atoms with Gasteiger partial charge in [-0.2, -0.15) is 0 Å². The first-order valence-electron chi connectivity index (χ1n) is 27.4. The summed E-state index contributed by atoms with van der Waals surface area (Å²) >= 11 is 0. The van der Waals surface area contributed by atoms with Crippen LogP contribution in [-0.4, -0.2) is 33.3 Å². The highest BCUT2D eigenvalue weighted by Crippen LogP contribution is 2.49. The van der Waals surface area contributed by atoms with Gasteiger partial charge in [0, 0.05) is 0 Å². The molecule has 0 aromatic heterocycles. The molecule has 4 nitrogen and oxygen atoms in total. The molecule has 0 saturated carbocycles. The van der Waals surface area contributed by atoms with Crippen LogP contribution in [0.3, 0.4) is 0 Å². The first kappa shape index (κ1) is 54.1. The lowest BCUT2D eigenvalue weighted by Crippen LogP contribution is -2.48. The van der Waals surface area contributed by atoms with E-state index >= 15 is 0 Å². The monoisotopic (exact) mass is 1010 g/mol. The van der Waals surface area contributed by atoms with Gasteiger partial charge in [-0.3, -0.25) is 0 Å². The van der Waals surface area contributed by atoms with E-state index in [9.17, 15) is 0 Å². The van der Waals surface area contributed by atoms with Crippen LogP contribution in [0.25, 0.3) is 23.3 Å². The van der Waals surface area contributed by atoms with Gasteiger partial charge >= 0.3 is 0 Å². The first-order chi connectivity index (χ1) is 33.7. The summed E-state index contributed by atoms with van der Waals surface area (Å²) in [6.45, 7) is 27.9. The fourth-order valence-corrected chi connectivity index (χ4v) is 23.2. The van der Waals surface area contributed by atoms with Crippen LogP contribution >= 0.6 is 0 Å². The summed E-state index contributed by atoms with van der Waals surface area (Å²) in [4.78, 5) is 0. The van der Waals surface area contributed by atoms with E-state index in [2.05, 4.69) is 241 Å². The highest BCUT2D eigenvalue weighted by molar-refractivity contribution is 6.75. The lowest BCUT2D eigenvalue weighted by Gasteiger charge is -2.46. The van der Waals surface area contributed by atoms with Crippen molar-refractivity contribution in [3.8, 4) is 11.1 Å². The van der Waals surface area contributed by atoms with Crippen LogP contribution in [-0.2, 0) is 40.1 Å². The van der Waals surface area contributed by atoms with Crippen molar-refractivity contribution in [2.75, 3.05) is 0 Å². The molecule has 70 heavy (non-hydrogen) atoms. The van der Waals surface area contributed by atoms with Gasteiger partial charge in [-0.05, 0) is 166 Å². The molecule has 0 N–H and O–H groups in total. The number of benzene rings is 4. The molecule has 0 heterocycles. The minimum Gasteiger partial charge on any atom is -0.401 e. The van der Waals surface area contributed by atoms with Crippen molar-refractivity contribution in [2.24, 2.45) is 0 Å². The van der Waals surface area contributed by atoms with E-state index in [1.807, 2.05) is 0 Å². The Kier molecular flexibility index (Phi) is 17.1. The summed E-state index contributed by atoms with van der Waals surface area (Å²) < 4.78 is 30.6. The fourth-order valence-electron chi connectivity index (χ4n) is 11.5. The molecule has 0 saturated heterocycles. The summed E-state index contributed by atoms with van der Waals surface area (Å²) in [5.41, 5.74) is 6.42. The highest BCUT2D eigenvalue weighted by Gasteiger charge is 2.48. The molecule has 0 fully saturated rings. The highest BCUT2D eigenvalue weighted by atomic mass is 28.4. The zero-order chi connectivity index (χ0) is 50.3. The fraction of sp³-hybridized carbons (Fsp3) is 0.452. The maximum Gasteiger partial charge on any atom is 0.194 e. The topological polar surface area (TPSA) is 36.9 Å². The second-order valence-corrected chi connectivity index (χ2v) is 39.4. The predicted molar refractivity (Wildman–Crippen MR) is 310 cm³/mol. The van der Waals surface area contributed by atoms with E-state index in [1.54, 1.807) is 0 Å². The molecule has 4 aromatic carbocycles. The van der Waals surface area contributed by atoms with Crippen molar-refractivity contribution in [2.45, 2.75) is 178 Å². The van der Waals surface area contributed by atoms with Gasteiger partial charge in [-0.15, -0.1) is 0 Å².